The summed E-state index contributed by atoms with van der Waals surface area (Å²) in [7, 11) is 1.85. The van der Waals surface area contributed by atoms with E-state index >= 15 is 4.39 Å². The number of carbonyl (C=O) groups is 1. The number of allylic oxidation sites excluding steroid dienone is 2. The van der Waals surface area contributed by atoms with E-state index in [1.807, 2.05) is 11.9 Å². The molecule has 1 aromatic rings. The fourth-order valence-corrected chi connectivity index (χ4v) is 5.06. The summed E-state index contributed by atoms with van der Waals surface area (Å²) in [4.78, 5) is 14.9. The highest BCUT2D eigenvalue weighted by molar-refractivity contribution is 5.88. The lowest BCUT2D eigenvalue weighted by Crippen LogP contribution is -2.54. The lowest BCUT2D eigenvalue weighted by Gasteiger charge is -2.45. The molecule has 0 amide bonds. The van der Waals surface area contributed by atoms with Crippen LogP contribution in [0.2, 0.25) is 0 Å². The number of rotatable bonds is 5. The predicted octanol–water partition coefficient (Wildman–Crippen LogP) is 2.99. The largest absolute Gasteiger partial charge is 0.478 e. The summed E-state index contributed by atoms with van der Waals surface area (Å²) in [5, 5.41) is 15.8. The van der Waals surface area contributed by atoms with Gasteiger partial charge in [0, 0.05) is 51.2 Å². The first kappa shape index (κ1) is 26.3. The molecular weight excluding hydrogens is 501 g/mol. The Kier molecular flexibility index (Phi) is 7.56. The molecule has 2 atom stereocenters. The van der Waals surface area contributed by atoms with Crippen LogP contribution in [0.5, 0.6) is 0 Å². The van der Waals surface area contributed by atoms with E-state index in [0.29, 0.717) is 44.7 Å². The zero-order chi connectivity index (χ0) is 24.7. The van der Waals surface area contributed by atoms with E-state index in [9.17, 15) is 18.7 Å². The van der Waals surface area contributed by atoms with Crippen molar-refractivity contribution in [3.63, 3.8) is 0 Å². The number of halogens is 4. The normalized spacial score (nSPS) is 25.1. The van der Waals surface area contributed by atoms with E-state index in [4.69, 9.17) is 9.47 Å². The van der Waals surface area contributed by atoms with Crippen molar-refractivity contribution in [3.05, 3.63) is 64.9 Å². The van der Waals surface area contributed by atoms with Gasteiger partial charge in [-0.1, -0.05) is 0 Å². The maximum absolute atomic E-state index is 15.2. The lowest BCUT2D eigenvalue weighted by atomic mass is 9.95. The second kappa shape index (κ2) is 10.3. The Hall–Kier alpha value is -2.73. The van der Waals surface area contributed by atoms with Crippen LogP contribution in [0.4, 0.5) is 18.9 Å². The SMILES string of the molecule is CNCC1COC2(CCN(C3=C(F)C=C4CC(C(=O)O)=CN(c5ccc(F)cc5F)C4N3)CC2)O1.Cl. The monoisotopic (exact) mass is 528 g/mol. The summed E-state index contributed by atoms with van der Waals surface area (Å²) in [6.45, 7) is 2.13. The van der Waals surface area contributed by atoms with Crippen LogP contribution in [0.3, 0.4) is 0 Å². The van der Waals surface area contributed by atoms with Gasteiger partial charge in [0.2, 0.25) is 0 Å². The number of fused-ring (bicyclic) bond motifs is 1. The molecule has 1 spiro atoms. The molecule has 36 heavy (non-hydrogen) atoms. The first-order chi connectivity index (χ1) is 16.8. The second-order valence-corrected chi connectivity index (χ2v) is 9.11. The Labute approximate surface area is 212 Å². The molecule has 4 aliphatic rings. The van der Waals surface area contributed by atoms with E-state index in [0.717, 1.165) is 12.1 Å². The predicted molar refractivity (Wildman–Crippen MR) is 128 cm³/mol. The van der Waals surface area contributed by atoms with Crippen LogP contribution >= 0.6 is 12.4 Å². The Morgan fingerprint density at radius 3 is 2.69 bits per heavy atom. The zero-order valence-electron chi connectivity index (χ0n) is 19.6. The van der Waals surface area contributed by atoms with Crippen LogP contribution < -0.4 is 15.5 Å². The smallest absolute Gasteiger partial charge is 0.333 e. The fourth-order valence-electron chi connectivity index (χ4n) is 5.06. The molecule has 4 aliphatic heterocycles. The number of piperidine rings is 1. The first-order valence-corrected chi connectivity index (χ1v) is 11.5. The van der Waals surface area contributed by atoms with Crippen molar-refractivity contribution in [2.45, 2.75) is 37.3 Å². The number of carboxylic acids is 1. The summed E-state index contributed by atoms with van der Waals surface area (Å²) < 4.78 is 55.5. The summed E-state index contributed by atoms with van der Waals surface area (Å²) in [6, 6.07) is 3.06. The number of benzene rings is 1. The van der Waals surface area contributed by atoms with Crippen LogP contribution in [0, 0.1) is 11.6 Å². The number of dihydropyridines is 1. The van der Waals surface area contributed by atoms with E-state index < -0.39 is 35.4 Å². The summed E-state index contributed by atoms with van der Waals surface area (Å²) >= 11 is 0. The van der Waals surface area contributed by atoms with Crippen LogP contribution in [0.1, 0.15) is 19.3 Å². The molecule has 0 bridgehead atoms. The number of nitrogens with zero attached hydrogens (tertiary/aromatic N) is 2. The molecule has 2 unspecified atom stereocenters. The third kappa shape index (κ3) is 4.93. The number of anilines is 1. The maximum Gasteiger partial charge on any atom is 0.333 e. The molecule has 3 N–H and O–H groups in total. The minimum atomic E-state index is -1.19. The number of aliphatic carboxylic acids is 1. The molecule has 0 saturated carbocycles. The highest BCUT2D eigenvalue weighted by atomic mass is 35.5. The van der Waals surface area contributed by atoms with Gasteiger partial charge in [-0.05, 0) is 30.8 Å². The second-order valence-electron chi connectivity index (χ2n) is 9.11. The third-order valence-corrected chi connectivity index (χ3v) is 6.78. The fraction of sp³-hybridized carbons (Fsp3) is 0.458. The maximum atomic E-state index is 15.2. The number of carboxylic acid groups (broad SMARTS) is 1. The standard InChI is InChI=1S/C24H27F3N4O4.ClH/c1-28-11-17-13-34-24(35-17)4-6-30(7-5-24)22-19(27)9-14-8-15(23(32)33)12-31(21(14)29-22)20-3-2-16(25)10-18(20)26;/h2-3,9-10,12,17,21,28-29H,4-8,11,13H2,1H3,(H,32,33);1H. The van der Waals surface area contributed by atoms with Gasteiger partial charge in [-0.2, -0.15) is 0 Å². The van der Waals surface area contributed by atoms with Gasteiger partial charge < -0.3 is 35.0 Å². The number of nitrogens with one attached hydrogen (secondary N) is 2. The van der Waals surface area contributed by atoms with E-state index in [1.54, 1.807) is 0 Å². The molecular formula is C24H28ClF3N4O4. The Balaban J connectivity index is 0.00000304. The van der Waals surface area contributed by atoms with Crippen LogP contribution in [-0.4, -0.2) is 67.3 Å². The molecule has 0 aromatic heterocycles. The summed E-state index contributed by atoms with van der Waals surface area (Å²) in [5.41, 5.74) is 0.386. The molecule has 2 fully saturated rings. The average molecular weight is 529 g/mol. The van der Waals surface area contributed by atoms with Gasteiger partial charge in [0.25, 0.3) is 0 Å². The molecule has 8 nitrogen and oxygen atoms in total. The van der Waals surface area contributed by atoms with Gasteiger partial charge in [-0.15, -0.1) is 12.4 Å². The number of likely N-dealkylation sites (N-methyl/N-ethyl adjacent to an activating group) is 1. The molecule has 0 aliphatic carbocycles. The first-order valence-electron chi connectivity index (χ1n) is 11.5. The highest BCUT2D eigenvalue weighted by Crippen LogP contribution is 2.38. The van der Waals surface area contributed by atoms with E-state index in [1.165, 1.54) is 23.2 Å². The Bertz CT molecular complexity index is 1120. The van der Waals surface area contributed by atoms with Crippen LogP contribution in [0.15, 0.2) is 53.3 Å². The molecule has 196 valence electrons. The Morgan fingerprint density at radius 2 is 2.03 bits per heavy atom. The number of ether oxygens (including phenoxy) is 2. The molecule has 5 rings (SSSR count). The van der Waals surface area contributed by atoms with Gasteiger partial charge in [0.15, 0.2) is 11.6 Å². The number of hydrogen-bond donors (Lipinski definition) is 3. The van der Waals surface area contributed by atoms with Gasteiger partial charge in [0.05, 0.1) is 24.0 Å². The number of hydrogen-bond acceptors (Lipinski definition) is 7. The van der Waals surface area contributed by atoms with Gasteiger partial charge in [-0.3, -0.25) is 0 Å². The summed E-state index contributed by atoms with van der Waals surface area (Å²) in [5.74, 6) is -3.77. The van der Waals surface area contributed by atoms with Crippen molar-refractivity contribution < 1.29 is 32.5 Å². The van der Waals surface area contributed by atoms with Crippen molar-refractivity contribution in [1.82, 2.24) is 15.5 Å². The quantitative estimate of drug-likeness (QED) is 0.538. The highest BCUT2D eigenvalue weighted by Gasteiger charge is 2.45. The Morgan fingerprint density at radius 1 is 1.28 bits per heavy atom. The third-order valence-electron chi connectivity index (χ3n) is 6.78. The van der Waals surface area contributed by atoms with Gasteiger partial charge in [0.1, 0.15) is 23.6 Å². The van der Waals surface area contributed by atoms with E-state index in [2.05, 4.69) is 10.6 Å². The van der Waals surface area contributed by atoms with Gasteiger partial charge >= 0.3 is 5.97 Å². The van der Waals surface area contributed by atoms with Crippen molar-refractivity contribution in [2.75, 3.05) is 38.2 Å². The molecule has 1 aromatic carbocycles. The van der Waals surface area contributed by atoms with E-state index in [-0.39, 0.29) is 42.0 Å². The summed E-state index contributed by atoms with van der Waals surface area (Å²) in [6.07, 6.45) is 2.93. The molecule has 0 radical (unpaired) electrons. The lowest BCUT2D eigenvalue weighted by molar-refractivity contribution is -0.192. The van der Waals surface area contributed by atoms with Crippen molar-refractivity contribution in [1.29, 1.82) is 0 Å². The topological polar surface area (TPSA) is 86.3 Å². The number of likely N-dealkylation sites (tertiary alicyclic amines) is 1. The molecule has 4 heterocycles. The minimum absolute atomic E-state index is 0. The van der Waals surface area contributed by atoms with Gasteiger partial charge in [-0.25, -0.2) is 18.0 Å². The molecule has 12 heteroatoms. The zero-order valence-corrected chi connectivity index (χ0v) is 20.4. The van der Waals surface area contributed by atoms with Crippen molar-refractivity contribution in [3.8, 4) is 0 Å². The van der Waals surface area contributed by atoms with Crippen LogP contribution in [-0.2, 0) is 14.3 Å². The molecule has 2 saturated heterocycles. The van der Waals surface area contributed by atoms with Crippen molar-refractivity contribution in [2.24, 2.45) is 0 Å². The van der Waals surface area contributed by atoms with Crippen molar-refractivity contribution >= 4 is 24.1 Å². The average Bonchev–Trinajstić information content (AvgIpc) is 3.21. The minimum Gasteiger partial charge on any atom is -0.478 e. The van der Waals surface area contributed by atoms with Crippen LogP contribution in [0.25, 0.3) is 0 Å².